The van der Waals surface area contributed by atoms with Crippen LogP contribution in [0.25, 0.3) is 0 Å². The van der Waals surface area contributed by atoms with E-state index in [0.717, 1.165) is 83.1 Å². The number of quaternary nitrogens is 1. The Morgan fingerprint density at radius 2 is 1.84 bits per heavy atom. The number of nitrogens with zero attached hydrogens (tertiary/aromatic N) is 2. The molecule has 0 unspecified atom stereocenters. The average molecular weight is 519 g/mol. The fourth-order valence-corrected chi connectivity index (χ4v) is 6.76. The number of pyridine rings is 1. The quantitative estimate of drug-likeness (QED) is 0.310. The minimum Gasteiger partial charge on any atom is -0.455 e. The summed E-state index contributed by atoms with van der Waals surface area (Å²) in [6, 6.07) is 2.09. The summed E-state index contributed by atoms with van der Waals surface area (Å²) in [6.07, 6.45) is 11.1. The number of ether oxygens (including phenoxy) is 1. The Morgan fingerprint density at radius 1 is 1.11 bits per heavy atom. The third-order valence-electron chi connectivity index (χ3n) is 8.85. The van der Waals surface area contributed by atoms with Gasteiger partial charge in [-0.15, -0.1) is 0 Å². The highest BCUT2D eigenvalue weighted by Gasteiger charge is 2.51. The lowest BCUT2D eigenvalue weighted by Crippen LogP contribution is -2.66. The smallest absolute Gasteiger partial charge is 0.433 e. The molecule has 3 saturated heterocycles. The van der Waals surface area contributed by atoms with Gasteiger partial charge in [0.15, 0.2) is 12.6 Å². The van der Waals surface area contributed by atoms with Gasteiger partial charge in [-0.1, -0.05) is 43.9 Å². The van der Waals surface area contributed by atoms with Crippen molar-refractivity contribution in [2.24, 2.45) is 11.3 Å². The monoisotopic (exact) mass is 518 g/mol. The van der Waals surface area contributed by atoms with Crippen LogP contribution in [0.5, 0.6) is 0 Å². The second-order valence-electron chi connectivity index (χ2n) is 11.2. The van der Waals surface area contributed by atoms with Gasteiger partial charge >= 0.3 is 12.1 Å². The van der Waals surface area contributed by atoms with Crippen molar-refractivity contribution >= 4 is 17.6 Å². The van der Waals surface area contributed by atoms with E-state index in [9.17, 15) is 22.8 Å². The summed E-state index contributed by atoms with van der Waals surface area (Å²) in [5.41, 5.74) is -0.122. The van der Waals surface area contributed by atoms with Gasteiger partial charge in [-0.05, 0) is 37.0 Å². The average Bonchev–Trinajstić information content (AvgIpc) is 3.29. The van der Waals surface area contributed by atoms with Crippen molar-refractivity contribution in [3.05, 3.63) is 47.8 Å². The van der Waals surface area contributed by atoms with E-state index in [-0.39, 0.29) is 30.2 Å². The molecule has 4 fully saturated rings. The second-order valence-corrected chi connectivity index (χ2v) is 11.2. The summed E-state index contributed by atoms with van der Waals surface area (Å²) in [4.78, 5) is 30.1. The predicted octanol–water partition coefficient (Wildman–Crippen LogP) is 5.42. The van der Waals surface area contributed by atoms with Crippen LogP contribution in [0.2, 0.25) is 0 Å². The van der Waals surface area contributed by atoms with Crippen LogP contribution >= 0.6 is 0 Å². The fraction of sp³-hybridized carbons (Fsp3) is 0.607. The number of carbonyl (C=O) groups excluding carboxylic acids is 2. The molecule has 0 spiro atoms. The number of halogens is 3. The van der Waals surface area contributed by atoms with E-state index < -0.39 is 17.3 Å². The van der Waals surface area contributed by atoms with Crippen LogP contribution in [-0.2, 0) is 20.5 Å². The maximum Gasteiger partial charge on any atom is 0.433 e. The SMILES string of the molecule is O=C(C[N+]12CCC(CC1)[C@@H](OC(=O)C1(C3=CC=CC3)CCCCCC1)C2)Nc1ccc(C(F)(F)F)nc1. The number of piperidine rings is 3. The molecule has 9 heteroatoms. The molecule has 2 bridgehead atoms. The molecule has 1 N–H and O–H groups in total. The minimum absolute atomic E-state index is 0.0958. The van der Waals surface area contributed by atoms with Gasteiger partial charge in [0.25, 0.3) is 5.91 Å². The number of nitrogens with one attached hydrogen (secondary N) is 1. The Labute approximate surface area is 215 Å². The van der Waals surface area contributed by atoms with Crippen molar-refractivity contribution < 1.29 is 32.0 Å². The number of amides is 1. The topological polar surface area (TPSA) is 68.3 Å². The van der Waals surface area contributed by atoms with Gasteiger partial charge in [-0.25, -0.2) is 4.98 Å². The van der Waals surface area contributed by atoms with Crippen molar-refractivity contribution in [1.82, 2.24) is 4.98 Å². The highest BCUT2D eigenvalue weighted by molar-refractivity contribution is 5.91. The zero-order valence-electron chi connectivity index (χ0n) is 21.1. The van der Waals surface area contributed by atoms with E-state index in [1.165, 1.54) is 11.6 Å². The van der Waals surface area contributed by atoms with E-state index in [1.54, 1.807) is 0 Å². The fourth-order valence-electron chi connectivity index (χ4n) is 6.76. The number of allylic oxidation sites excluding steroid dienone is 3. The van der Waals surface area contributed by atoms with Crippen LogP contribution in [0.1, 0.15) is 63.5 Å². The molecule has 1 amide bonds. The van der Waals surface area contributed by atoms with Crippen molar-refractivity contribution in [1.29, 1.82) is 0 Å². The van der Waals surface area contributed by atoms with Crippen molar-refractivity contribution in [3.63, 3.8) is 0 Å². The summed E-state index contributed by atoms with van der Waals surface area (Å²) >= 11 is 0. The molecular formula is C28H35F3N3O3+. The molecule has 1 saturated carbocycles. The number of aromatic nitrogens is 1. The van der Waals surface area contributed by atoms with E-state index in [0.29, 0.717) is 16.9 Å². The Balaban J connectivity index is 1.24. The van der Waals surface area contributed by atoms with Crippen LogP contribution in [0.15, 0.2) is 42.1 Å². The normalized spacial score (nSPS) is 28.9. The molecule has 2 aliphatic carbocycles. The number of fused-ring (bicyclic) bond motifs is 3. The number of anilines is 1. The van der Waals surface area contributed by atoms with Gasteiger partial charge in [0.1, 0.15) is 12.2 Å². The molecule has 1 aromatic heterocycles. The van der Waals surface area contributed by atoms with Crippen LogP contribution < -0.4 is 5.32 Å². The standard InChI is InChI=1S/C28H34F3N3O3/c29-28(30,31)24-10-9-22(17-32-24)33-25(35)19-34-15-11-20(12-16-34)23(18-34)37-26(36)27(21-7-3-4-8-21)13-5-1-2-6-14-27/h3-4,7,9-10,17,20,23H,1-2,5-6,8,11-16,18-19H2/p+1/t20?,23-,34?/m0/s1. The molecule has 1 atom stereocenters. The van der Waals surface area contributed by atoms with Crippen LogP contribution in [0.3, 0.4) is 0 Å². The van der Waals surface area contributed by atoms with Gasteiger partial charge in [0.2, 0.25) is 0 Å². The highest BCUT2D eigenvalue weighted by atomic mass is 19.4. The molecular weight excluding hydrogens is 483 g/mol. The Kier molecular flexibility index (Phi) is 7.18. The summed E-state index contributed by atoms with van der Waals surface area (Å²) in [5.74, 6) is -0.0550. The van der Waals surface area contributed by atoms with E-state index in [1.807, 2.05) is 6.08 Å². The summed E-state index contributed by atoms with van der Waals surface area (Å²) in [6.45, 7) is 2.46. The first-order chi connectivity index (χ1) is 17.7. The second kappa shape index (κ2) is 10.2. The van der Waals surface area contributed by atoms with Crippen LogP contribution in [0, 0.1) is 11.3 Å². The first-order valence-electron chi connectivity index (χ1n) is 13.4. The van der Waals surface area contributed by atoms with E-state index >= 15 is 0 Å². The van der Waals surface area contributed by atoms with Crippen LogP contribution in [0.4, 0.5) is 18.9 Å². The lowest BCUT2D eigenvalue weighted by molar-refractivity contribution is -0.939. The molecule has 37 heavy (non-hydrogen) atoms. The third kappa shape index (κ3) is 5.47. The Hall–Kier alpha value is -2.68. The third-order valence-corrected chi connectivity index (χ3v) is 8.85. The molecule has 6 nitrogen and oxygen atoms in total. The summed E-state index contributed by atoms with van der Waals surface area (Å²) in [5, 5.41) is 2.70. The van der Waals surface area contributed by atoms with Gasteiger partial charge in [0, 0.05) is 18.8 Å². The first kappa shape index (κ1) is 25.9. The molecule has 0 aromatic carbocycles. The molecule has 4 heterocycles. The van der Waals surface area contributed by atoms with Crippen molar-refractivity contribution in [3.8, 4) is 0 Å². The van der Waals surface area contributed by atoms with Crippen molar-refractivity contribution in [2.45, 2.75) is 70.1 Å². The number of carbonyl (C=O) groups is 2. The number of hydrogen-bond acceptors (Lipinski definition) is 4. The lowest BCUT2D eigenvalue weighted by atomic mass is 9.73. The molecule has 1 aromatic rings. The predicted molar refractivity (Wildman–Crippen MR) is 132 cm³/mol. The van der Waals surface area contributed by atoms with Crippen LogP contribution in [-0.4, -0.2) is 53.6 Å². The van der Waals surface area contributed by atoms with E-state index in [2.05, 4.69) is 22.5 Å². The maximum absolute atomic E-state index is 13.8. The van der Waals surface area contributed by atoms with Gasteiger partial charge in [-0.3, -0.25) is 9.59 Å². The number of alkyl halides is 3. The summed E-state index contributed by atoms with van der Waals surface area (Å²) < 4.78 is 45.2. The zero-order valence-corrected chi connectivity index (χ0v) is 21.1. The van der Waals surface area contributed by atoms with Crippen molar-refractivity contribution in [2.75, 3.05) is 31.5 Å². The first-order valence-corrected chi connectivity index (χ1v) is 13.4. The summed E-state index contributed by atoms with van der Waals surface area (Å²) in [7, 11) is 0. The highest BCUT2D eigenvalue weighted by Crippen LogP contribution is 2.46. The van der Waals surface area contributed by atoms with Gasteiger partial charge in [-0.2, -0.15) is 13.2 Å². The molecule has 200 valence electrons. The Bertz CT molecular complexity index is 1060. The maximum atomic E-state index is 13.8. The Morgan fingerprint density at radius 3 is 2.43 bits per heavy atom. The molecule has 5 aliphatic rings. The molecule has 6 rings (SSSR count). The molecule has 3 aliphatic heterocycles. The zero-order chi connectivity index (χ0) is 26.1. The number of esters is 1. The van der Waals surface area contributed by atoms with Gasteiger partial charge in [0.05, 0.1) is 30.4 Å². The largest absolute Gasteiger partial charge is 0.455 e. The van der Waals surface area contributed by atoms with Gasteiger partial charge < -0.3 is 14.5 Å². The minimum atomic E-state index is -4.52. The number of rotatable bonds is 6. The van der Waals surface area contributed by atoms with E-state index in [4.69, 9.17) is 4.74 Å². The number of hydrogen-bond donors (Lipinski definition) is 1. The molecule has 0 radical (unpaired) electrons. The lowest BCUT2D eigenvalue weighted by Gasteiger charge is -2.52.